The molecule has 0 bridgehead atoms. The molecular formula is C19H18N2O4S. The summed E-state index contributed by atoms with van der Waals surface area (Å²) >= 11 is 1.22. The number of nitrogens with one attached hydrogen (secondary N) is 1. The Morgan fingerprint density at radius 3 is 2.65 bits per heavy atom. The molecule has 6 nitrogen and oxygen atoms in total. The number of furan rings is 1. The molecule has 0 saturated carbocycles. The van der Waals surface area contributed by atoms with Crippen LogP contribution in [0.5, 0.6) is 5.75 Å². The summed E-state index contributed by atoms with van der Waals surface area (Å²) in [6.07, 6.45) is 1.44. The summed E-state index contributed by atoms with van der Waals surface area (Å²) in [5.41, 5.74) is 1.46. The first-order chi connectivity index (χ1) is 12.5. The lowest BCUT2D eigenvalue weighted by Crippen LogP contribution is -2.26. The maximum absolute atomic E-state index is 12.9. The zero-order chi connectivity index (χ0) is 18.7. The summed E-state index contributed by atoms with van der Waals surface area (Å²) in [6, 6.07) is 12.3. The van der Waals surface area contributed by atoms with Gasteiger partial charge in [-0.25, -0.2) is 0 Å². The predicted molar refractivity (Wildman–Crippen MR) is 101 cm³/mol. The van der Waals surface area contributed by atoms with Gasteiger partial charge in [-0.3, -0.25) is 9.59 Å². The molecule has 0 radical (unpaired) electrons. The highest BCUT2D eigenvalue weighted by molar-refractivity contribution is 7.18. The van der Waals surface area contributed by atoms with E-state index in [1.54, 1.807) is 38.4 Å². The largest absolute Gasteiger partial charge is 0.495 e. The van der Waals surface area contributed by atoms with Gasteiger partial charge in [0, 0.05) is 7.05 Å². The molecule has 2 aromatic heterocycles. The fourth-order valence-electron chi connectivity index (χ4n) is 2.51. The number of carbonyl (C=O) groups excluding carboxylic acids is 2. The number of aryl methyl sites for hydroxylation is 1. The van der Waals surface area contributed by atoms with Gasteiger partial charge < -0.3 is 19.4 Å². The van der Waals surface area contributed by atoms with Crippen molar-refractivity contribution in [3.05, 3.63) is 64.9 Å². The highest BCUT2D eigenvalue weighted by Crippen LogP contribution is 2.32. The number of para-hydroxylation sites is 2. The second kappa shape index (κ2) is 7.45. The van der Waals surface area contributed by atoms with E-state index in [4.69, 9.17) is 9.15 Å². The van der Waals surface area contributed by atoms with Crippen LogP contribution in [-0.2, 0) is 0 Å². The summed E-state index contributed by atoms with van der Waals surface area (Å²) < 4.78 is 10.4. The maximum Gasteiger partial charge on any atom is 0.291 e. The molecule has 0 aliphatic heterocycles. The molecule has 3 rings (SSSR count). The number of benzene rings is 1. The molecule has 0 aliphatic carbocycles. The van der Waals surface area contributed by atoms with Crippen molar-refractivity contribution < 1.29 is 18.7 Å². The zero-order valence-corrected chi connectivity index (χ0v) is 15.4. The second-order valence-electron chi connectivity index (χ2n) is 5.59. The number of methoxy groups -OCH3 is 1. The topological polar surface area (TPSA) is 71.8 Å². The normalized spacial score (nSPS) is 10.4. The average Bonchev–Trinajstić information content (AvgIpc) is 3.30. The molecule has 2 amide bonds. The Labute approximate surface area is 155 Å². The fourth-order valence-corrected chi connectivity index (χ4v) is 3.55. The summed E-state index contributed by atoms with van der Waals surface area (Å²) in [4.78, 5) is 27.1. The monoisotopic (exact) mass is 370 g/mol. The fraction of sp³-hybridized carbons (Fsp3) is 0.158. The van der Waals surface area contributed by atoms with Crippen LogP contribution in [0.2, 0.25) is 0 Å². The number of hydrogen-bond acceptors (Lipinski definition) is 5. The standard InChI is InChI=1S/C19H18N2O4S/c1-12-11-16(20-18(22)15-9-6-10-25-15)26-17(12)19(23)21(2)13-7-4-5-8-14(13)24-3/h4-11H,1-3H3,(H,20,22). The zero-order valence-electron chi connectivity index (χ0n) is 14.6. The van der Waals surface area contributed by atoms with Gasteiger partial charge in [0.2, 0.25) is 0 Å². The third-order valence-corrected chi connectivity index (χ3v) is 4.99. The molecule has 0 unspecified atom stereocenters. The van der Waals surface area contributed by atoms with E-state index in [9.17, 15) is 9.59 Å². The van der Waals surface area contributed by atoms with Crippen molar-refractivity contribution >= 4 is 33.8 Å². The summed E-state index contributed by atoms with van der Waals surface area (Å²) in [5, 5.41) is 3.34. The number of anilines is 2. The molecular weight excluding hydrogens is 352 g/mol. The van der Waals surface area contributed by atoms with Crippen molar-refractivity contribution in [3.63, 3.8) is 0 Å². The van der Waals surface area contributed by atoms with E-state index >= 15 is 0 Å². The Morgan fingerprint density at radius 2 is 1.96 bits per heavy atom. The lowest BCUT2D eigenvalue weighted by Gasteiger charge is -2.19. The first-order valence-electron chi connectivity index (χ1n) is 7.87. The van der Waals surface area contributed by atoms with Crippen molar-refractivity contribution in [3.8, 4) is 5.75 Å². The van der Waals surface area contributed by atoms with Crippen LogP contribution >= 0.6 is 11.3 Å². The Hall–Kier alpha value is -3.06. The van der Waals surface area contributed by atoms with E-state index in [-0.39, 0.29) is 17.6 Å². The van der Waals surface area contributed by atoms with Gasteiger partial charge in [0.15, 0.2) is 5.76 Å². The predicted octanol–water partition coefficient (Wildman–Crippen LogP) is 4.19. The minimum Gasteiger partial charge on any atom is -0.495 e. The maximum atomic E-state index is 12.9. The van der Waals surface area contributed by atoms with Gasteiger partial charge in [-0.05, 0) is 42.8 Å². The van der Waals surface area contributed by atoms with Crippen LogP contribution in [0.4, 0.5) is 10.7 Å². The Bertz CT molecular complexity index is 931. The van der Waals surface area contributed by atoms with E-state index in [1.165, 1.54) is 22.5 Å². The number of ether oxygens (including phenoxy) is 1. The van der Waals surface area contributed by atoms with E-state index in [1.807, 2.05) is 25.1 Å². The Balaban J connectivity index is 1.82. The van der Waals surface area contributed by atoms with Gasteiger partial charge in [0.1, 0.15) is 5.75 Å². The number of amides is 2. The van der Waals surface area contributed by atoms with Crippen LogP contribution in [0, 0.1) is 6.92 Å². The van der Waals surface area contributed by atoms with E-state index < -0.39 is 0 Å². The van der Waals surface area contributed by atoms with Crippen LogP contribution in [0.15, 0.2) is 53.1 Å². The number of thiophene rings is 1. The molecule has 2 heterocycles. The summed E-state index contributed by atoms with van der Waals surface area (Å²) in [7, 11) is 3.26. The third kappa shape index (κ3) is 3.48. The van der Waals surface area contributed by atoms with Gasteiger partial charge in [0.25, 0.3) is 11.8 Å². The molecule has 134 valence electrons. The number of carbonyl (C=O) groups is 2. The molecule has 0 saturated heterocycles. The smallest absolute Gasteiger partial charge is 0.291 e. The van der Waals surface area contributed by atoms with Crippen molar-refractivity contribution in [1.82, 2.24) is 0 Å². The van der Waals surface area contributed by atoms with Crippen molar-refractivity contribution in [2.24, 2.45) is 0 Å². The van der Waals surface area contributed by atoms with E-state index in [0.717, 1.165) is 5.56 Å². The highest BCUT2D eigenvalue weighted by atomic mass is 32.1. The summed E-state index contributed by atoms with van der Waals surface area (Å²) in [5.74, 6) is 0.308. The first-order valence-corrected chi connectivity index (χ1v) is 8.69. The second-order valence-corrected chi connectivity index (χ2v) is 6.64. The molecule has 7 heteroatoms. The van der Waals surface area contributed by atoms with E-state index in [0.29, 0.717) is 21.3 Å². The molecule has 1 N–H and O–H groups in total. The third-order valence-electron chi connectivity index (χ3n) is 3.84. The molecule has 0 atom stereocenters. The Morgan fingerprint density at radius 1 is 1.19 bits per heavy atom. The SMILES string of the molecule is COc1ccccc1N(C)C(=O)c1sc(NC(=O)c2ccco2)cc1C. The van der Waals surface area contributed by atoms with Crippen molar-refractivity contribution in [2.45, 2.75) is 6.92 Å². The molecule has 3 aromatic rings. The number of hydrogen-bond donors (Lipinski definition) is 1. The molecule has 0 aliphatic rings. The van der Waals surface area contributed by atoms with Gasteiger partial charge in [-0.2, -0.15) is 0 Å². The van der Waals surface area contributed by atoms with Crippen LogP contribution < -0.4 is 15.0 Å². The summed E-state index contributed by atoms with van der Waals surface area (Å²) in [6.45, 7) is 1.84. The van der Waals surface area contributed by atoms with Crippen molar-refractivity contribution in [1.29, 1.82) is 0 Å². The highest BCUT2D eigenvalue weighted by Gasteiger charge is 2.22. The lowest BCUT2D eigenvalue weighted by atomic mass is 10.2. The number of nitrogens with zero attached hydrogens (tertiary/aromatic N) is 1. The van der Waals surface area contributed by atoms with Gasteiger partial charge in [-0.15, -0.1) is 11.3 Å². The number of rotatable bonds is 5. The quantitative estimate of drug-likeness (QED) is 0.731. The Kier molecular flexibility index (Phi) is 5.09. The van der Waals surface area contributed by atoms with E-state index in [2.05, 4.69) is 5.32 Å². The average molecular weight is 370 g/mol. The van der Waals surface area contributed by atoms with Gasteiger partial charge in [0.05, 0.1) is 28.9 Å². The minimum atomic E-state index is -0.353. The van der Waals surface area contributed by atoms with Gasteiger partial charge in [-0.1, -0.05) is 12.1 Å². The first kappa shape index (κ1) is 17.8. The van der Waals surface area contributed by atoms with Crippen LogP contribution in [-0.4, -0.2) is 26.0 Å². The molecule has 0 spiro atoms. The minimum absolute atomic E-state index is 0.171. The van der Waals surface area contributed by atoms with Gasteiger partial charge >= 0.3 is 0 Å². The molecule has 26 heavy (non-hydrogen) atoms. The lowest BCUT2D eigenvalue weighted by molar-refractivity contribution is 0.0988. The van der Waals surface area contributed by atoms with Crippen LogP contribution in [0.3, 0.4) is 0 Å². The molecule has 0 fully saturated rings. The van der Waals surface area contributed by atoms with Crippen LogP contribution in [0.1, 0.15) is 25.8 Å². The molecule has 1 aromatic carbocycles. The van der Waals surface area contributed by atoms with Crippen LogP contribution in [0.25, 0.3) is 0 Å². The van der Waals surface area contributed by atoms with Crippen molar-refractivity contribution in [2.75, 3.05) is 24.4 Å².